The fourth-order valence-corrected chi connectivity index (χ4v) is 2.86. The maximum absolute atomic E-state index is 12.1. The highest BCUT2D eigenvalue weighted by atomic mass is 35.5. The van der Waals surface area contributed by atoms with Crippen molar-refractivity contribution in [2.75, 3.05) is 23.8 Å². The number of esters is 1. The Morgan fingerprint density at radius 3 is 2.82 bits per heavy atom. The van der Waals surface area contributed by atoms with Crippen LogP contribution in [0.1, 0.15) is 22.8 Å². The minimum Gasteiger partial charge on any atom is -0.462 e. The van der Waals surface area contributed by atoms with Crippen LogP contribution < -0.4 is 10.6 Å². The molecule has 0 aliphatic rings. The highest BCUT2D eigenvalue weighted by Crippen LogP contribution is 2.20. The zero-order valence-electron chi connectivity index (χ0n) is 15.5. The zero-order valence-corrected chi connectivity index (χ0v) is 16.2. The predicted octanol–water partition coefficient (Wildman–Crippen LogP) is 4.70. The van der Waals surface area contributed by atoms with Crippen molar-refractivity contribution in [2.45, 2.75) is 13.3 Å². The Hall–Kier alpha value is -3.12. The van der Waals surface area contributed by atoms with Gasteiger partial charge < -0.3 is 15.4 Å². The molecule has 28 heavy (non-hydrogen) atoms. The monoisotopic (exact) mass is 396 g/mol. The second kappa shape index (κ2) is 9.71. The Bertz CT molecular complexity index is 949. The summed E-state index contributed by atoms with van der Waals surface area (Å²) in [5, 5.41) is 7.09. The zero-order chi connectivity index (χ0) is 19.8. The molecule has 0 aliphatic carbocycles. The molecule has 1 aromatic heterocycles. The fourth-order valence-electron chi connectivity index (χ4n) is 2.64. The number of rotatable bonds is 8. The number of anilines is 3. The average molecular weight is 397 g/mol. The molecule has 0 amide bonds. The Morgan fingerprint density at radius 2 is 2.00 bits per heavy atom. The molecule has 0 spiro atoms. The smallest absolute Gasteiger partial charge is 0.340 e. The van der Waals surface area contributed by atoms with E-state index in [4.69, 9.17) is 16.3 Å². The Kier molecular flexibility index (Phi) is 6.81. The molecule has 2 N–H and O–H groups in total. The van der Waals surface area contributed by atoms with Crippen LogP contribution in [0.5, 0.6) is 0 Å². The summed E-state index contributed by atoms with van der Waals surface area (Å²) in [4.78, 5) is 20.8. The second-order valence-electron chi connectivity index (χ2n) is 5.96. The molecule has 0 atom stereocenters. The van der Waals surface area contributed by atoms with Crippen LogP contribution in [0.25, 0.3) is 0 Å². The van der Waals surface area contributed by atoms with Crippen molar-refractivity contribution in [3.63, 3.8) is 0 Å². The first-order valence-corrected chi connectivity index (χ1v) is 9.38. The first kappa shape index (κ1) is 19.6. The van der Waals surface area contributed by atoms with Gasteiger partial charge >= 0.3 is 5.97 Å². The topological polar surface area (TPSA) is 76.1 Å². The molecule has 7 heteroatoms. The number of hydrogen-bond donors (Lipinski definition) is 2. The summed E-state index contributed by atoms with van der Waals surface area (Å²) in [7, 11) is 0. The van der Waals surface area contributed by atoms with Crippen LogP contribution >= 0.6 is 11.6 Å². The first-order valence-electron chi connectivity index (χ1n) is 9.00. The van der Waals surface area contributed by atoms with Gasteiger partial charge in [-0.15, -0.1) is 0 Å². The Morgan fingerprint density at radius 1 is 1.14 bits per heavy atom. The summed E-state index contributed by atoms with van der Waals surface area (Å²) in [5.74, 6) is 0.694. The molecular formula is C21H21ClN4O2. The van der Waals surface area contributed by atoms with E-state index in [0.29, 0.717) is 36.2 Å². The van der Waals surface area contributed by atoms with Gasteiger partial charge in [0.2, 0.25) is 5.95 Å². The lowest BCUT2D eigenvalue weighted by atomic mass is 10.1. The van der Waals surface area contributed by atoms with E-state index in [0.717, 1.165) is 17.0 Å². The molecule has 0 radical (unpaired) electrons. The number of halogens is 1. The SMILES string of the molecule is CCOC(=O)c1ccccc1Nc1nccc(NCCc2cccc(Cl)c2)n1. The van der Waals surface area contributed by atoms with Gasteiger partial charge in [0.15, 0.2) is 0 Å². The van der Waals surface area contributed by atoms with E-state index in [2.05, 4.69) is 20.6 Å². The van der Waals surface area contributed by atoms with Gasteiger partial charge in [0.1, 0.15) is 5.82 Å². The summed E-state index contributed by atoms with van der Waals surface area (Å²) in [6.07, 6.45) is 2.48. The lowest BCUT2D eigenvalue weighted by Gasteiger charge is -2.11. The molecule has 3 aromatic rings. The summed E-state index contributed by atoms with van der Waals surface area (Å²) >= 11 is 6.01. The normalized spacial score (nSPS) is 10.4. The van der Waals surface area contributed by atoms with Crippen molar-refractivity contribution in [1.82, 2.24) is 9.97 Å². The van der Waals surface area contributed by atoms with Crippen LogP contribution in [-0.2, 0) is 11.2 Å². The van der Waals surface area contributed by atoms with Gasteiger partial charge in [-0.3, -0.25) is 0 Å². The standard InChI is InChI=1S/C21H21ClN4O2/c1-2-28-20(27)17-8-3-4-9-18(17)25-21-24-13-11-19(26-21)23-12-10-15-6-5-7-16(22)14-15/h3-9,11,13-14H,2,10,12H2,1H3,(H2,23,24,25,26). The van der Waals surface area contributed by atoms with Crippen LogP contribution in [-0.4, -0.2) is 29.1 Å². The average Bonchev–Trinajstić information content (AvgIpc) is 2.69. The highest BCUT2D eigenvalue weighted by Gasteiger charge is 2.12. The van der Waals surface area contributed by atoms with Crippen molar-refractivity contribution < 1.29 is 9.53 Å². The van der Waals surface area contributed by atoms with E-state index in [9.17, 15) is 4.79 Å². The minimum atomic E-state index is -0.388. The van der Waals surface area contributed by atoms with Gasteiger partial charge in [0, 0.05) is 17.8 Å². The quantitative estimate of drug-likeness (QED) is 0.537. The van der Waals surface area contributed by atoms with Crippen molar-refractivity contribution in [2.24, 2.45) is 0 Å². The number of nitrogens with one attached hydrogen (secondary N) is 2. The van der Waals surface area contributed by atoms with Gasteiger partial charge in [-0.1, -0.05) is 35.9 Å². The largest absolute Gasteiger partial charge is 0.462 e. The van der Waals surface area contributed by atoms with Crippen molar-refractivity contribution in [3.8, 4) is 0 Å². The molecule has 144 valence electrons. The number of carbonyl (C=O) groups is 1. The predicted molar refractivity (Wildman–Crippen MR) is 111 cm³/mol. The maximum atomic E-state index is 12.1. The molecule has 0 unspecified atom stereocenters. The molecule has 0 saturated carbocycles. The van der Waals surface area contributed by atoms with E-state index in [1.54, 1.807) is 37.4 Å². The molecule has 0 saturated heterocycles. The molecular weight excluding hydrogens is 376 g/mol. The second-order valence-corrected chi connectivity index (χ2v) is 6.40. The van der Waals surface area contributed by atoms with Gasteiger partial charge in [-0.05, 0) is 49.2 Å². The summed E-state index contributed by atoms with van der Waals surface area (Å²) in [6.45, 7) is 2.79. The van der Waals surface area contributed by atoms with Crippen LogP contribution in [0, 0.1) is 0 Å². The van der Waals surface area contributed by atoms with Crippen molar-refractivity contribution >= 4 is 35.0 Å². The fraction of sp³-hybridized carbons (Fsp3) is 0.190. The lowest BCUT2D eigenvalue weighted by molar-refractivity contribution is 0.0527. The molecule has 0 bridgehead atoms. The molecule has 0 aliphatic heterocycles. The third-order valence-electron chi connectivity index (χ3n) is 3.93. The number of nitrogens with zero attached hydrogens (tertiary/aromatic N) is 2. The summed E-state index contributed by atoms with van der Waals surface area (Å²) < 4.78 is 5.09. The summed E-state index contributed by atoms with van der Waals surface area (Å²) in [6, 6.07) is 16.7. The molecule has 3 rings (SSSR count). The van der Waals surface area contributed by atoms with Crippen LogP contribution in [0.3, 0.4) is 0 Å². The van der Waals surface area contributed by atoms with Crippen LogP contribution in [0.4, 0.5) is 17.5 Å². The molecule has 2 aromatic carbocycles. The van der Waals surface area contributed by atoms with E-state index in [1.165, 1.54) is 0 Å². The third kappa shape index (κ3) is 5.44. The molecule has 6 nitrogen and oxygen atoms in total. The van der Waals surface area contributed by atoms with Gasteiger partial charge in [-0.2, -0.15) is 4.98 Å². The first-order chi connectivity index (χ1) is 13.7. The third-order valence-corrected chi connectivity index (χ3v) is 4.17. The number of carbonyl (C=O) groups excluding carboxylic acids is 1. The van der Waals surface area contributed by atoms with Crippen molar-refractivity contribution in [1.29, 1.82) is 0 Å². The van der Waals surface area contributed by atoms with E-state index in [-0.39, 0.29) is 5.97 Å². The minimum absolute atomic E-state index is 0.315. The maximum Gasteiger partial charge on any atom is 0.340 e. The molecule has 0 fully saturated rings. The number of para-hydroxylation sites is 1. The Balaban J connectivity index is 1.65. The molecule has 1 heterocycles. The van der Waals surface area contributed by atoms with Gasteiger partial charge in [-0.25, -0.2) is 9.78 Å². The lowest BCUT2D eigenvalue weighted by Crippen LogP contribution is -2.10. The van der Waals surface area contributed by atoms with Gasteiger partial charge in [0.25, 0.3) is 0 Å². The highest BCUT2D eigenvalue weighted by molar-refractivity contribution is 6.30. The Labute approximate surface area is 168 Å². The summed E-state index contributed by atoms with van der Waals surface area (Å²) in [5.41, 5.74) is 2.18. The van der Waals surface area contributed by atoms with Crippen LogP contribution in [0.15, 0.2) is 60.8 Å². The van der Waals surface area contributed by atoms with E-state index in [1.807, 2.05) is 30.3 Å². The van der Waals surface area contributed by atoms with Gasteiger partial charge in [0.05, 0.1) is 17.9 Å². The number of hydrogen-bond acceptors (Lipinski definition) is 6. The van der Waals surface area contributed by atoms with Crippen molar-refractivity contribution in [3.05, 3.63) is 76.9 Å². The van der Waals surface area contributed by atoms with Crippen LogP contribution in [0.2, 0.25) is 5.02 Å². The van der Waals surface area contributed by atoms with E-state index >= 15 is 0 Å². The van der Waals surface area contributed by atoms with E-state index < -0.39 is 0 Å². The number of ether oxygens (including phenoxy) is 1. The number of aromatic nitrogens is 2. The number of benzene rings is 2.